The average Bonchev–Trinajstić information content (AvgIpc) is 2.77. The second kappa shape index (κ2) is 5.69. The third kappa shape index (κ3) is 3.02. The Morgan fingerprint density at radius 1 is 1.29 bits per heavy atom. The molecule has 0 aliphatic rings. The van der Waals surface area contributed by atoms with Crippen LogP contribution in [-0.2, 0) is 0 Å². The van der Waals surface area contributed by atoms with E-state index in [1.54, 1.807) is 0 Å². The first-order valence-corrected chi connectivity index (χ1v) is 7.61. The van der Waals surface area contributed by atoms with E-state index in [1.165, 1.54) is 18.9 Å². The molecule has 0 aliphatic heterocycles. The Bertz CT molecular complexity index is 524. The quantitative estimate of drug-likeness (QED) is 0.746. The van der Waals surface area contributed by atoms with E-state index in [2.05, 4.69) is 53.0 Å². The number of nitrogens with one attached hydrogen (secondary N) is 1. The molecule has 1 aromatic heterocycles. The summed E-state index contributed by atoms with van der Waals surface area (Å²) in [6, 6.07) is 10.8. The van der Waals surface area contributed by atoms with Crippen molar-refractivity contribution in [3.05, 3.63) is 43.8 Å². The fourth-order valence-electron chi connectivity index (χ4n) is 1.56. The van der Waals surface area contributed by atoms with Gasteiger partial charge in [0.2, 0.25) is 0 Å². The van der Waals surface area contributed by atoms with Crippen LogP contribution in [0.2, 0.25) is 5.02 Å². The number of halogens is 2. The summed E-state index contributed by atoms with van der Waals surface area (Å²) in [7, 11) is 1.98. The average molecular weight is 378 g/mol. The normalized spacial score (nSPS) is 12.7. The van der Waals surface area contributed by atoms with Gasteiger partial charge < -0.3 is 5.32 Å². The molecule has 0 spiro atoms. The lowest BCUT2D eigenvalue weighted by Gasteiger charge is -2.06. The number of rotatable bonds is 3. The summed E-state index contributed by atoms with van der Waals surface area (Å²) in [5.74, 6) is 0. The van der Waals surface area contributed by atoms with E-state index >= 15 is 0 Å². The van der Waals surface area contributed by atoms with Gasteiger partial charge in [-0.3, -0.25) is 0 Å². The Morgan fingerprint density at radius 3 is 2.71 bits per heavy atom. The van der Waals surface area contributed by atoms with E-state index in [-0.39, 0.29) is 0 Å². The molecule has 1 unspecified atom stereocenters. The van der Waals surface area contributed by atoms with Gasteiger partial charge in [0, 0.05) is 30.0 Å². The number of hydrogen-bond acceptors (Lipinski definition) is 2. The van der Waals surface area contributed by atoms with Crippen LogP contribution in [0, 0.1) is 3.57 Å². The lowest BCUT2D eigenvalue weighted by molar-refractivity contribution is 0.664. The lowest BCUT2D eigenvalue weighted by atomic mass is 10.2. The third-order valence-corrected chi connectivity index (χ3v) is 5.11. The minimum atomic E-state index is 0.402. The van der Waals surface area contributed by atoms with Crippen LogP contribution in [0.25, 0.3) is 10.4 Å². The minimum absolute atomic E-state index is 0.402. The van der Waals surface area contributed by atoms with Crippen LogP contribution in [0.3, 0.4) is 0 Å². The van der Waals surface area contributed by atoms with Gasteiger partial charge in [0.1, 0.15) is 0 Å². The van der Waals surface area contributed by atoms with Gasteiger partial charge >= 0.3 is 0 Å². The van der Waals surface area contributed by atoms with Crippen LogP contribution in [0.1, 0.15) is 17.8 Å². The predicted octanol–water partition coefficient (Wildman–Crippen LogP) is 4.95. The summed E-state index contributed by atoms with van der Waals surface area (Å²) in [6.45, 7) is 2.17. The highest BCUT2D eigenvalue weighted by Crippen LogP contribution is 2.34. The van der Waals surface area contributed by atoms with Gasteiger partial charge in [0.05, 0.1) is 0 Å². The molecule has 1 N–H and O–H groups in total. The Morgan fingerprint density at radius 2 is 2.06 bits per heavy atom. The highest BCUT2D eigenvalue weighted by Gasteiger charge is 2.10. The molecule has 2 rings (SSSR count). The fourth-order valence-corrected chi connectivity index (χ4v) is 4.02. The van der Waals surface area contributed by atoms with Crippen LogP contribution in [0.5, 0.6) is 0 Å². The van der Waals surface area contributed by atoms with E-state index in [0.29, 0.717) is 6.04 Å². The van der Waals surface area contributed by atoms with Crippen molar-refractivity contribution in [2.24, 2.45) is 0 Å². The van der Waals surface area contributed by atoms with Crippen molar-refractivity contribution in [1.29, 1.82) is 0 Å². The first-order chi connectivity index (χ1) is 8.11. The lowest BCUT2D eigenvalue weighted by Crippen LogP contribution is -2.10. The van der Waals surface area contributed by atoms with E-state index < -0.39 is 0 Å². The SMILES string of the molecule is CNC(C)c1ccc(-c2ccc(Cl)cc2I)s1. The van der Waals surface area contributed by atoms with Crippen LogP contribution < -0.4 is 5.32 Å². The molecule has 17 heavy (non-hydrogen) atoms. The van der Waals surface area contributed by atoms with E-state index in [4.69, 9.17) is 11.6 Å². The van der Waals surface area contributed by atoms with Crippen molar-refractivity contribution in [1.82, 2.24) is 5.32 Å². The summed E-state index contributed by atoms with van der Waals surface area (Å²) in [5, 5.41) is 4.05. The van der Waals surface area contributed by atoms with Crippen LogP contribution in [-0.4, -0.2) is 7.05 Å². The molecule has 1 aromatic carbocycles. The van der Waals surface area contributed by atoms with Crippen molar-refractivity contribution >= 4 is 45.5 Å². The molecule has 0 amide bonds. The highest BCUT2D eigenvalue weighted by molar-refractivity contribution is 14.1. The maximum absolute atomic E-state index is 5.97. The van der Waals surface area contributed by atoms with Crippen LogP contribution in [0.15, 0.2) is 30.3 Å². The molecule has 1 nitrogen and oxygen atoms in total. The molecular weight excluding hydrogens is 365 g/mol. The van der Waals surface area contributed by atoms with E-state index in [9.17, 15) is 0 Å². The molecule has 2 aromatic rings. The molecule has 1 heterocycles. The van der Waals surface area contributed by atoms with Gasteiger partial charge in [-0.15, -0.1) is 11.3 Å². The summed E-state index contributed by atoms with van der Waals surface area (Å²) >= 11 is 10.1. The summed E-state index contributed by atoms with van der Waals surface area (Å²) in [4.78, 5) is 2.65. The first-order valence-electron chi connectivity index (χ1n) is 5.34. The minimum Gasteiger partial charge on any atom is -0.313 e. The second-order valence-corrected chi connectivity index (χ2v) is 6.55. The van der Waals surface area contributed by atoms with Gasteiger partial charge in [-0.2, -0.15) is 0 Å². The summed E-state index contributed by atoms with van der Waals surface area (Å²) < 4.78 is 1.20. The van der Waals surface area contributed by atoms with Crippen molar-refractivity contribution in [3.63, 3.8) is 0 Å². The van der Waals surface area contributed by atoms with E-state index in [0.717, 1.165) is 5.02 Å². The van der Waals surface area contributed by atoms with Crippen LogP contribution >= 0.6 is 45.5 Å². The Balaban J connectivity index is 2.37. The van der Waals surface area contributed by atoms with Crippen molar-refractivity contribution < 1.29 is 0 Å². The predicted molar refractivity (Wildman–Crippen MR) is 85.0 cm³/mol. The zero-order chi connectivity index (χ0) is 12.4. The number of benzene rings is 1. The monoisotopic (exact) mass is 377 g/mol. The first kappa shape index (κ1) is 13.3. The maximum Gasteiger partial charge on any atom is 0.0416 e. The molecule has 90 valence electrons. The zero-order valence-electron chi connectivity index (χ0n) is 9.63. The summed E-state index contributed by atoms with van der Waals surface area (Å²) in [6.07, 6.45) is 0. The van der Waals surface area contributed by atoms with Gasteiger partial charge in [0.15, 0.2) is 0 Å². The molecule has 0 saturated carbocycles. The zero-order valence-corrected chi connectivity index (χ0v) is 13.4. The van der Waals surface area contributed by atoms with E-state index in [1.807, 2.05) is 30.5 Å². The second-order valence-electron chi connectivity index (χ2n) is 3.84. The standard InChI is InChI=1S/C13H13ClINS/c1-8(16-2)12-5-6-13(17-12)10-4-3-9(14)7-11(10)15/h3-8,16H,1-2H3. The number of hydrogen-bond donors (Lipinski definition) is 1. The topological polar surface area (TPSA) is 12.0 Å². The van der Waals surface area contributed by atoms with Crippen molar-refractivity contribution in [2.45, 2.75) is 13.0 Å². The fraction of sp³-hybridized carbons (Fsp3) is 0.231. The maximum atomic E-state index is 5.97. The number of thiophene rings is 1. The largest absolute Gasteiger partial charge is 0.313 e. The van der Waals surface area contributed by atoms with Gasteiger partial charge in [-0.05, 0) is 60.8 Å². The molecule has 0 radical (unpaired) electrons. The van der Waals surface area contributed by atoms with Gasteiger partial charge in [-0.25, -0.2) is 0 Å². The molecule has 0 aliphatic carbocycles. The molecular formula is C13H13ClINS. The molecule has 0 bridgehead atoms. The Kier molecular flexibility index (Phi) is 4.47. The third-order valence-electron chi connectivity index (χ3n) is 2.68. The van der Waals surface area contributed by atoms with Crippen LogP contribution in [0.4, 0.5) is 0 Å². The highest BCUT2D eigenvalue weighted by atomic mass is 127. The Labute approximate surface area is 124 Å². The molecule has 0 fully saturated rings. The molecule has 1 atom stereocenters. The van der Waals surface area contributed by atoms with Gasteiger partial charge in [0.25, 0.3) is 0 Å². The van der Waals surface area contributed by atoms with Crippen molar-refractivity contribution in [2.75, 3.05) is 7.05 Å². The smallest absolute Gasteiger partial charge is 0.0416 e. The Hall–Kier alpha value is -0.100. The molecule has 0 saturated heterocycles. The van der Waals surface area contributed by atoms with Gasteiger partial charge in [-0.1, -0.05) is 17.7 Å². The van der Waals surface area contributed by atoms with Crippen molar-refractivity contribution in [3.8, 4) is 10.4 Å². The molecule has 4 heteroatoms. The summed E-state index contributed by atoms with van der Waals surface area (Å²) in [5.41, 5.74) is 1.26.